The van der Waals surface area contributed by atoms with Crippen molar-refractivity contribution in [1.82, 2.24) is 4.98 Å². The molecule has 0 unspecified atom stereocenters. The molecule has 3 rings (SSSR count). The molecule has 0 aliphatic rings. The molecule has 0 bridgehead atoms. The Morgan fingerprint density at radius 3 is 2.48 bits per heavy atom. The molecule has 1 aromatic heterocycles. The van der Waals surface area contributed by atoms with Crippen LogP contribution >= 0.6 is 0 Å². The van der Waals surface area contributed by atoms with E-state index >= 15 is 0 Å². The van der Waals surface area contributed by atoms with Gasteiger partial charge in [-0.3, -0.25) is 4.79 Å². The summed E-state index contributed by atoms with van der Waals surface area (Å²) < 4.78 is 0. The molecule has 0 saturated heterocycles. The van der Waals surface area contributed by atoms with Crippen molar-refractivity contribution >= 4 is 23.1 Å². The largest absolute Gasteiger partial charge is 0.327 e. The van der Waals surface area contributed by atoms with E-state index in [4.69, 9.17) is 0 Å². The highest BCUT2D eigenvalue weighted by atomic mass is 16.1. The van der Waals surface area contributed by atoms with Crippen molar-refractivity contribution in [2.45, 2.75) is 13.8 Å². The first-order valence-corrected chi connectivity index (χ1v) is 8.34. The predicted molar refractivity (Wildman–Crippen MR) is 102 cm³/mol. The molecular formula is C21H21N3O. The number of hydrogen-bond acceptors (Lipinski definition) is 3. The number of nitrogens with zero attached hydrogens (tertiary/aromatic N) is 2. The van der Waals surface area contributed by atoms with Crippen LogP contribution in [0.2, 0.25) is 0 Å². The molecule has 4 nitrogen and oxygen atoms in total. The Balaban J connectivity index is 1.75. The van der Waals surface area contributed by atoms with Crippen LogP contribution in [0, 0.1) is 6.92 Å². The summed E-state index contributed by atoms with van der Waals surface area (Å²) in [6.07, 6.45) is 1.69. The minimum Gasteiger partial charge on any atom is -0.327 e. The number of hydrogen-bond donors (Lipinski definition) is 1. The van der Waals surface area contributed by atoms with E-state index in [0.717, 1.165) is 23.6 Å². The Bertz CT molecular complexity index is 845. The lowest BCUT2D eigenvalue weighted by atomic mass is 10.1. The third-order valence-corrected chi connectivity index (χ3v) is 3.95. The average molecular weight is 331 g/mol. The fourth-order valence-electron chi connectivity index (χ4n) is 2.69. The number of nitrogens with one attached hydrogen (secondary N) is 1. The van der Waals surface area contributed by atoms with Gasteiger partial charge >= 0.3 is 0 Å². The van der Waals surface area contributed by atoms with Gasteiger partial charge < -0.3 is 10.2 Å². The standard InChI is InChI=1S/C21H21N3O/c1-3-24(19-10-5-4-6-11-19)20-13-12-18(15-22-20)23-21(25)17-9-7-8-16(2)14-17/h4-15H,3H2,1-2H3,(H,23,25). The van der Waals surface area contributed by atoms with Gasteiger partial charge in [0.15, 0.2) is 0 Å². The summed E-state index contributed by atoms with van der Waals surface area (Å²) in [5, 5.41) is 2.89. The summed E-state index contributed by atoms with van der Waals surface area (Å²) in [5.41, 5.74) is 3.47. The molecule has 1 amide bonds. The monoisotopic (exact) mass is 331 g/mol. The fourth-order valence-corrected chi connectivity index (χ4v) is 2.69. The maximum atomic E-state index is 12.3. The van der Waals surface area contributed by atoms with E-state index in [2.05, 4.69) is 34.3 Å². The van der Waals surface area contributed by atoms with Gasteiger partial charge in [0.25, 0.3) is 5.91 Å². The molecule has 2 aromatic carbocycles. The lowest BCUT2D eigenvalue weighted by molar-refractivity contribution is 0.102. The summed E-state index contributed by atoms with van der Waals surface area (Å²) in [4.78, 5) is 18.9. The maximum Gasteiger partial charge on any atom is 0.255 e. The lowest BCUT2D eigenvalue weighted by Gasteiger charge is -2.22. The number of amides is 1. The molecule has 1 N–H and O–H groups in total. The number of aromatic nitrogens is 1. The highest BCUT2D eigenvalue weighted by Gasteiger charge is 2.10. The molecule has 25 heavy (non-hydrogen) atoms. The minimum absolute atomic E-state index is 0.131. The summed E-state index contributed by atoms with van der Waals surface area (Å²) in [6.45, 7) is 4.87. The molecule has 3 aromatic rings. The molecular weight excluding hydrogens is 310 g/mol. The molecule has 0 aliphatic heterocycles. The SMILES string of the molecule is CCN(c1ccccc1)c1ccc(NC(=O)c2cccc(C)c2)cn1. The third kappa shape index (κ3) is 4.04. The van der Waals surface area contributed by atoms with E-state index in [1.807, 2.05) is 55.5 Å². The van der Waals surface area contributed by atoms with Crippen LogP contribution in [-0.2, 0) is 0 Å². The van der Waals surface area contributed by atoms with Crippen LogP contribution in [0.4, 0.5) is 17.2 Å². The van der Waals surface area contributed by atoms with Crippen molar-refractivity contribution in [3.63, 3.8) is 0 Å². The molecule has 126 valence electrons. The number of rotatable bonds is 5. The van der Waals surface area contributed by atoms with E-state index in [1.54, 1.807) is 12.3 Å². The van der Waals surface area contributed by atoms with E-state index < -0.39 is 0 Å². The summed E-state index contributed by atoms with van der Waals surface area (Å²) >= 11 is 0. The van der Waals surface area contributed by atoms with Crippen LogP contribution in [0.15, 0.2) is 72.9 Å². The molecule has 0 atom stereocenters. The van der Waals surface area contributed by atoms with E-state index in [9.17, 15) is 4.79 Å². The van der Waals surface area contributed by atoms with Gasteiger partial charge in [-0.2, -0.15) is 0 Å². The lowest BCUT2D eigenvalue weighted by Crippen LogP contribution is -2.17. The molecule has 0 fully saturated rings. The van der Waals surface area contributed by atoms with Crippen molar-refractivity contribution < 1.29 is 4.79 Å². The van der Waals surface area contributed by atoms with Crippen molar-refractivity contribution in [3.8, 4) is 0 Å². The zero-order chi connectivity index (χ0) is 17.6. The van der Waals surface area contributed by atoms with Gasteiger partial charge in [-0.15, -0.1) is 0 Å². The third-order valence-electron chi connectivity index (χ3n) is 3.95. The van der Waals surface area contributed by atoms with Gasteiger partial charge in [-0.25, -0.2) is 4.98 Å². The number of anilines is 3. The molecule has 4 heteroatoms. The number of para-hydroxylation sites is 1. The Morgan fingerprint density at radius 1 is 1.04 bits per heavy atom. The average Bonchev–Trinajstić information content (AvgIpc) is 2.64. The Morgan fingerprint density at radius 2 is 1.84 bits per heavy atom. The quantitative estimate of drug-likeness (QED) is 0.730. The zero-order valence-corrected chi connectivity index (χ0v) is 14.4. The molecule has 0 spiro atoms. The molecule has 0 aliphatic carbocycles. The van der Waals surface area contributed by atoms with Crippen LogP contribution in [0.5, 0.6) is 0 Å². The normalized spacial score (nSPS) is 10.3. The van der Waals surface area contributed by atoms with Crippen LogP contribution in [-0.4, -0.2) is 17.4 Å². The highest BCUT2D eigenvalue weighted by molar-refractivity contribution is 6.04. The van der Waals surface area contributed by atoms with Gasteiger partial charge in [0, 0.05) is 17.8 Å². The fraction of sp³-hybridized carbons (Fsp3) is 0.143. The second-order valence-corrected chi connectivity index (χ2v) is 5.81. The van der Waals surface area contributed by atoms with Gasteiger partial charge in [0.1, 0.15) is 5.82 Å². The van der Waals surface area contributed by atoms with Crippen molar-refractivity contribution in [2.24, 2.45) is 0 Å². The smallest absolute Gasteiger partial charge is 0.255 e. The molecule has 1 heterocycles. The maximum absolute atomic E-state index is 12.3. The second kappa shape index (κ2) is 7.62. The van der Waals surface area contributed by atoms with Crippen LogP contribution < -0.4 is 10.2 Å². The van der Waals surface area contributed by atoms with Crippen LogP contribution in [0.1, 0.15) is 22.8 Å². The van der Waals surface area contributed by atoms with Crippen LogP contribution in [0.25, 0.3) is 0 Å². The highest BCUT2D eigenvalue weighted by Crippen LogP contribution is 2.23. The first-order chi connectivity index (χ1) is 12.2. The van der Waals surface area contributed by atoms with Gasteiger partial charge in [0.05, 0.1) is 11.9 Å². The number of aryl methyl sites for hydroxylation is 1. The number of carbonyl (C=O) groups is 1. The number of pyridine rings is 1. The van der Waals surface area contributed by atoms with Gasteiger partial charge in [0.2, 0.25) is 0 Å². The van der Waals surface area contributed by atoms with Crippen molar-refractivity contribution in [1.29, 1.82) is 0 Å². The topological polar surface area (TPSA) is 45.2 Å². The van der Waals surface area contributed by atoms with Crippen molar-refractivity contribution in [2.75, 3.05) is 16.8 Å². The Labute approximate surface area is 148 Å². The Kier molecular flexibility index (Phi) is 5.09. The summed E-state index contributed by atoms with van der Waals surface area (Å²) in [7, 11) is 0. The predicted octanol–water partition coefficient (Wildman–Crippen LogP) is 4.80. The number of carbonyl (C=O) groups excluding carboxylic acids is 1. The van der Waals surface area contributed by atoms with Crippen LogP contribution in [0.3, 0.4) is 0 Å². The zero-order valence-electron chi connectivity index (χ0n) is 14.4. The summed E-state index contributed by atoms with van der Waals surface area (Å²) in [6, 6.07) is 21.4. The first kappa shape index (κ1) is 16.7. The van der Waals surface area contributed by atoms with Gasteiger partial charge in [-0.05, 0) is 50.2 Å². The van der Waals surface area contributed by atoms with E-state index in [-0.39, 0.29) is 5.91 Å². The van der Waals surface area contributed by atoms with Crippen molar-refractivity contribution in [3.05, 3.63) is 84.1 Å². The molecule has 0 saturated carbocycles. The van der Waals surface area contributed by atoms with E-state index in [1.165, 1.54) is 0 Å². The van der Waals surface area contributed by atoms with E-state index in [0.29, 0.717) is 11.3 Å². The first-order valence-electron chi connectivity index (χ1n) is 8.34. The Hall–Kier alpha value is -3.14. The summed E-state index contributed by atoms with van der Waals surface area (Å²) in [5.74, 6) is 0.718. The number of benzene rings is 2. The van der Waals surface area contributed by atoms with Gasteiger partial charge in [-0.1, -0.05) is 35.9 Å². The molecule has 0 radical (unpaired) electrons. The minimum atomic E-state index is -0.131. The second-order valence-electron chi connectivity index (χ2n) is 5.81.